The summed E-state index contributed by atoms with van der Waals surface area (Å²) in [6.07, 6.45) is 2.01. The first-order valence-electron chi connectivity index (χ1n) is 6.50. The highest BCUT2D eigenvalue weighted by Gasteiger charge is 2.18. The molecule has 0 saturated carbocycles. The molecular weight excluding hydrogens is 258 g/mol. The van der Waals surface area contributed by atoms with Crippen LogP contribution in [0.25, 0.3) is 11.0 Å². The molecule has 2 rings (SSSR count). The lowest BCUT2D eigenvalue weighted by Crippen LogP contribution is -2.40. The minimum atomic E-state index is -1.02. The Bertz CT molecular complexity index is 644. The van der Waals surface area contributed by atoms with Crippen LogP contribution in [0, 0.1) is 6.92 Å². The van der Waals surface area contributed by atoms with Crippen molar-refractivity contribution in [2.75, 3.05) is 0 Å². The van der Waals surface area contributed by atoms with E-state index in [-0.39, 0.29) is 12.3 Å². The Morgan fingerprint density at radius 3 is 2.80 bits per heavy atom. The topological polar surface area (TPSA) is 79.5 Å². The molecule has 1 atom stereocenters. The molecule has 1 aromatic heterocycles. The quantitative estimate of drug-likeness (QED) is 0.877. The Morgan fingerprint density at radius 2 is 2.15 bits per heavy atom. The second-order valence-electron chi connectivity index (χ2n) is 4.80. The van der Waals surface area contributed by atoms with E-state index >= 15 is 0 Å². The number of hydrogen-bond donors (Lipinski definition) is 2. The summed E-state index contributed by atoms with van der Waals surface area (Å²) in [5, 5.41) is 12.3. The number of aliphatic carboxylic acids is 1. The van der Waals surface area contributed by atoms with Crippen LogP contribution in [-0.4, -0.2) is 23.0 Å². The van der Waals surface area contributed by atoms with Crippen molar-refractivity contribution >= 4 is 22.8 Å². The van der Waals surface area contributed by atoms with Crippen molar-refractivity contribution in [2.24, 2.45) is 0 Å². The average Bonchev–Trinajstić information content (AvgIpc) is 2.77. The summed E-state index contributed by atoms with van der Waals surface area (Å²) in [6, 6.07) is 4.92. The lowest BCUT2D eigenvalue weighted by molar-refractivity contribution is -0.141. The fourth-order valence-electron chi connectivity index (χ4n) is 2.08. The van der Waals surface area contributed by atoms with Crippen molar-refractivity contribution < 1.29 is 19.1 Å². The maximum Gasteiger partial charge on any atom is 0.326 e. The number of amides is 1. The highest BCUT2D eigenvalue weighted by atomic mass is 16.4. The molecule has 1 amide bonds. The third-order valence-electron chi connectivity index (χ3n) is 3.20. The second-order valence-corrected chi connectivity index (χ2v) is 4.80. The van der Waals surface area contributed by atoms with Gasteiger partial charge >= 0.3 is 5.97 Å². The summed E-state index contributed by atoms with van der Waals surface area (Å²) >= 11 is 0. The molecule has 1 aromatic carbocycles. The fourth-order valence-corrected chi connectivity index (χ4v) is 2.08. The van der Waals surface area contributed by atoms with Gasteiger partial charge in [-0.05, 0) is 25.0 Å². The van der Waals surface area contributed by atoms with Crippen molar-refractivity contribution in [3.05, 3.63) is 35.6 Å². The molecule has 0 radical (unpaired) electrons. The molecule has 0 aliphatic heterocycles. The highest BCUT2D eigenvalue weighted by Crippen LogP contribution is 2.22. The van der Waals surface area contributed by atoms with E-state index in [1.54, 1.807) is 13.2 Å². The third kappa shape index (κ3) is 2.99. The summed E-state index contributed by atoms with van der Waals surface area (Å²) in [5.74, 6) is -1.34. The molecule has 2 N–H and O–H groups in total. The Labute approximate surface area is 116 Å². The SMILES string of the molecule is CC[C@H](NC(=O)Cc1coc2cc(C)ccc12)C(=O)O. The van der Waals surface area contributed by atoms with E-state index in [9.17, 15) is 9.59 Å². The number of hydrogen-bond acceptors (Lipinski definition) is 3. The summed E-state index contributed by atoms with van der Waals surface area (Å²) in [6.45, 7) is 3.68. The van der Waals surface area contributed by atoms with Gasteiger partial charge in [0, 0.05) is 10.9 Å². The molecule has 0 aliphatic carbocycles. The predicted molar refractivity (Wildman–Crippen MR) is 74.5 cm³/mol. The number of aryl methyl sites for hydroxylation is 1. The summed E-state index contributed by atoms with van der Waals surface area (Å²) < 4.78 is 5.41. The standard InChI is InChI=1S/C15H17NO4/c1-3-12(15(18)19)16-14(17)7-10-8-20-13-6-9(2)4-5-11(10)13/h4-6,8,12H,3,7H2,1-2H3,(H,16,17)(H,18,19)/t12-/m0/s1. The number of carboxylic acids is 1. The van der Waals surface area contributed by atoms with Crippen LogP contribution in [0.15, 0.2) is 28.9 Å². The largest absolute Gasteiger partial charge is 0.480 e. The molecule has 0 unspecified atom stereocenters. The predicted octanol–water partition coefficient (Wildman–Crippen LogP) is 2.26. The molecule has 0 bridgehead atoms. The minimum absolute atomic E-state index is 0.111. The molecule has 0 aliphatic rings. The van der Waals surface area contributed by atoms with Gasteiger partial charge in [0.2, 0.25) is 5.91 Å². The number of carboxylic acid groups (broad SMARTS) is 1. The molecule has 0 fully saturated rings. The average molecular weight is 275 g/mol. The van der Waals surface area contributed by atoms with Gasteiger partial charge in [-0.3, -0.25) is 4.79 Å². The first kappa shape index (κ1) is 14.1. The van der Waals surface area contributed by atoms with Gasteiger partial charge in [0.15, 0.2) is 0 Å². The lowest BCUT2D eigenvalue weighted by atomic mass is 10.1. The van der Waals surface area contributed by atoms with Crippen LogP contribution in [0.2, 0.25) is 0 Å². The zero-order valence-electron chi connectivity index (χ0n) is 11.5. The van der Waals surface area contributed by atoms with Crippen LogP contribution in [0.3, 0.4) is 0 Å². The summed E-state index contributed by atoms with van der Waals surface area (Å²) in [5.41, 5.74) is 2.58. The molecular formula is C15H17NO4. The molecule has 0 saturated heterocycles. The van der Waals surface area contributed by atoms with Gasteiger partial charge in [-0.15, -0.1) is 0 Å². The molecule has 1 heterocycles. The molecule has 5 nitrogen and oxygen atoms in total. The highest BCUT2D eigenvalue weighted by molar-refractivity contribution is 5.89. The van der Waals surface area contributed by atoms with E-state index in [0.717, 1.165) is 22.1 Å². The number of carbonyl (C=O) groups excluding carboxylic acids is 1. The summed E-state index contributed by atoms with van der Waals surface area (Å²) in [4.78, 5) is 22.8. The molecule has 0 spiro atoms. The number of carbonyl (C=O) groups is 2. The van der Waals surface area contributed by atoms with Crippen molar-refractivity contribution in [3.63, 3.8) is 0 Å². The van der Waals surface area contributed by atoms with Crippen LogP contribution in [0.1, 0.15) is 24.5 Å². The van der Waals surface area contributed by atoms with E-state index in [4.69, 9.17) is 9.52 Å². The van der Waals surface area contributed by atoms with Crippen LogP contribution in [0.5, 0.6) is 0 Å². The van der Waals surface area contributed by atoms with Crippen LogP contribution in [-0.2, 0) is 16.0 Å². The van der Waals surface area contributed by atoms with Crippen molar-refractivity contribution in [3.8, 4) is 0 Å². The van der Waals surface area contributed by atoms with E-state index in [1.807, 2.05) is 25.1 Å². The van der Waals surface area contributed by atoms with Crippen molar-refractivity contribution in [2.45, 2.75) is 32.7 Å². The minimum Gasteiger partial charge on any atom is -0.480 e. The number of benzene rings is 1. The van der Waals surface area contributed by atoms with Gasteiger partial charge in [-0.25, -0.2) is 4.79 Å². The van der Waals surface area contributed by atoms with E-state index in [2.05, 4.69) is 5.32 Å². The third-order valence-corrected chi connectivity index (χ3v) is 3.20. The normalized spacial score (nSPS) is 12.3. The first-order chi connectivity index (χ1) is 9.51. The Kier molecular flexibility index (Phi) is 4.08. The maximum absolute atomic E-state index is 11.9. The van der Waals surface area contributed by atoms with E-state index in [0.29, 0.717) is 6.42 Å². The number of fused-ring (bicyclic) bond motifs is 1. The zero-order chi connectivity index (χ0) is 14.7. The molecule has 106 valence electrons. The zero-order valence-corrected chi connectivity index (χ0v) is 11.5. The Hall–Kier alpha value is -2.30. The Morgan fingerprint density at radius 1 is 1.40 bits per heavy atom. The molecule has 2 aromatic rings. The fraction of sp³-hybridized carbons (Fsp3) is 0.333. The van der Waals surface area contributed by atoms with Gasteiger partial charge in [0.1, 0.15) is 11.6 Å². The molecule has 5 heteroatoms. The molecule has 20 heavy (non-hydrogen) atoms. The first-order valence-corrected chi connectivity index (χ1v) is 6.50. The number of nitrogens with one attached hydrogen (secondary N) is 1. The van der Waals surface area contributed by atoms with Crippen LogP contribution >= 0.6 is 0 Å². The van der Waals surface area contributed by atoms with Crippen molar-refractivity contribution in [1.82, 2.24) is 5.32 Å². The van der Waals surface area contributed by atoms with Crippen LogP contribution < -0.4 is 5.32 Å². The second kappa shape index (κ2) is 5.77. The van der Waals surface area contributed by atoms with Crippen molar-refractivity contribution in [1.29, 1.82) is 0 Å². The van der Waals surface area contributed by atoms with Gasteiger partial charge in [0.25, 0.3) is 0 Å². The lowest BCUT2D eigenvalue weighted by Gasteiger charge is -2.11. The maximum atomic E-state index is 11.9. The van der Waals surface area contributed by atoms with E-state index < -0.39 is 12.0 Å². The number of furan rings is 1. The number of rotatable bonds is 5. The van der Waals surface area contributed by atoms with Gasteiger partial charge in [-0.1, -0.05) is 19.1 Å². The monoisotopic (exact) mass is 275 g/mol. The van der Waals surface area contributed by atoms with E-state index in [1.165, 1.54) is 0 Å². The van der Waals surface area contributed by atoms with Gasteiger partial charge in [0.05, 0.1) is 12.7 Å². The smallest absolute Gasteiger partial charge is 0.326 e. The summed E-state index contributed by atoms with van der Waals surface area (Å²) in [7, 11) is 0. The van der Waals surface area contributed by atoms with Crippen LogP contribution in [0.4, 0.5) is 0 Å². The van der Waals surface area contributed by atoms with Gasteiger partial charge in [-0.2, -0.15) is 0 Å². The Balaban J connectivity index is 2.12. The van der Waals surface area contributed by atoms with Gasteiger partial charge < -0.3 is 14.8 Å².